The normalized spacial score (nSPS) is 16.6. The molecule has 11 nitrogen and oxygen atoms in total. The lowest BCUT2D eigenvalue weighted by atomic mass is 9.94. The Morgan fingerprint density at radius 3 is 2.67 bits per heavy atom. The lowest BCUT2D eigenvalue weighted by Gasteiger charge is -2.27. The average Bonchev–Trinajstić information content (AvgIpc) is 3.45. The lowest BCUT2D eigenvalue weighted by Crippen LogP contribution is -2.48. The van der Waals surface area contributed by atoms with Crippen molar-refractivity contribution >= 4 is 60.8 Å². The Labute approximate surface area is 214 Å². The van der Waals surface area contributed by atoms with E-state index in [9.17, 15) is 23.1 Å². The number of aromatic nitrogens is 2. The molecule has 0 spiro atoms. The molecule has 0 bridgehead atoms. The number of fused-ring (bicyclic) bond motifs is 1. The molecule has 36 heavy (non-hydrogen) atoms. The minimum absolute atomic E-state index is 0.0873. The highest BCUT2D eigenvalue weighted by Gasteiger charge is 2.43. The summed E-state index contributed by atoms with van der Waals surface area (Å²) in [4.78, 5) is 37.1. The molecule has 13 heteroatoms. The Morgan fingerprint density at radius 1 is 1.31 bits per heavy atom. The zero-order valence-electron chi connectivity index (χ0n) is 20.1. The summed E-state index contributed by atoms with van der Waals surface area (Å²) in [6.07, 6.45) is 3.92. The molecule has 1 aliphatic rings. The number of aryl methyl sites for hydroxylation is 1. The first-order chi connectivity index (χ1) is 17.1. The standard InChI is InChI=1S/C23H28N6O5S2/c1-4-13-10-16-14(5-7-25-20(16)24)9-15(13)11-18(22(31)32)28-8-6-17(21(28)30)29(36(33)34)19-12-26-23(35-19)27(2)3/h5,7,9-10,12,17-18,36H,4,6,8,11H2,1-3H3,(H2,24,25)(H,31,32)/t17-,18+/m0/s1. The smallest absolute Gasteiger partial charge is 0.326 e. The number of carboxylic acids is 1. The molecule has 3 heterocycles. The van der Waals surface area contributed by atoms with Crippen LogP contribution >= 0.6 is 11.3 Å². The van der Waals surface area contributed by atoms with Crippen molar-refractivity contribution in [3.8, 4) is 0 Å². The van der Waals surface area contributed by atoms with E-state index in [0.717, 1.165) is 37.5 Å². The van der Waals surface area contributed by atoms with Crippen molar-refractivity contribution in [1.82, 2.24) is 14.9 Å². The molecule has 3 aromatic rings. The topological polar surface area (TPSA) is 150 Å². The molecule has 1 aliphatic heterocycles. The van der Waals surface area contributed by atoms with Gasteiger partial charge in [0.1, 0.15) is 22.9 Å². The van der Waals surface area contributed by atoms with Crippen molar-refractivity contribution in [3.05, 3.63) is 41.7 Å². The zero-order chi connectivity index (χ0) is 26.1. The number of nitrogens with zero attached hydrogens (tertiary/aromatic N) is 5. The van der Waals surface area contributed by atoms with Gasteiger partial charge in [-0.15, -0.1) is 0 Å². The molecular formula is C23H28N6O5S2. The number of carbonyl (C=O) groups excluding carboxylic acids is 1. The number of carboxylic acid groups (broad SMARTS) is 1. The minimum Gasteiger partial charge on any atom is -0.480 e. The molecule has 4 rings (SSSR count). The van der Waals surface area contributed by atoms with Gasteiger partial charge in [0.25, 0.3) is 0 Å². The third-order valence-corrected chi connectivity index (χ3v) is 8.49. The Hall–Kier alpha value is -3.45. The van der Waals surface area contributed by atoms with Gasteiger partial charge >= 0.3 is 5.97 Å². The van der Waals surface area contributed by atoms with Crippen LogP contribution in [0.2, 0.25) is 0 Å². The van der Waals surface area contributed by atoms with Crippen molar-refractivity contribution in [2.75, 3.05) is 35.6 Å². The Morgan fingerprint density at radius 2 is 2.06 bits per heavy atom. The highest BCUT2D eigenvalue weighted by atomic mass is 32.2. The maximum Gasteiger partial charge on any atom is 0.326 e. The van der Waals surface area contributed by atoms with Crippen LogP contribution in [-0.4, -0.2) is 73.0 Å². The number of hydrogen-bond donors (Lipinski definition) is 3. The number of nitrogen functional groups attached to an aromatic ring is 1. The Kier molecular flexibility index (Phi) is 7.31. The van der Waals surface area contributed by atoms with E-state index in [-0.39, 0.29) is 19.4 Å². The zero-order valence-corrected chi connectivity index (χ0v) is 21.8. The van der Waals surface area contributed by atoms with Gasteiger partial charge in [-0.25, -0.2) is 27.5 Å². The van der Waals surface area contributed by atoms with E-state index in [0.29, 0.717) is 22.4 Å². The van der Waals surface area contributed by atoms with Gasteiger partial charge in [-0.3, -0.25) is 4.79 Å². The van der Waals surface area contributed by atoms with E-state index in [1.165, 1.54) is 11.1 Å². The Bertz CT molecular complexity index is 1380. The van der Waals surface area contributed by atoms with Crippen LogP contribution < -0.4 is 14.9 Å². The number of thiol groups is 1. The largest absolute Gasteiger partial charge is 0.480 e. The third-order valence-electron chi connectivity index (χ3n) is 6.34. The van der Waals surface area contributed by atoms with E-state index in [1.54, 1.807) is 31.3 Å². The molecule has 0 aliphatic carbocycles. The number of likely N-dealkylation sites (tertiary alicyclic amines) is 1. The number of thiazole rings is 1. The van der Waals surface area contributed by atoms with E-state index < -0.39 is 34.9 Å². The fourth-order valence-electron chi connectivity index (χ4n) is 4.53. The first-order valence-electron chi connectivity index (χ1n) is 11.4. The molecule has 1 saturated heterocycles. The van der Waals surface area contributed by atoms with Gasteiger partial charge in [0.05, 0.1) is 6.20 Å². The van der Waals surface area contributed by atoms with Crippen LogP contribution in [0.1, 0.15) is 24.5 Å². The third kappa shape index (κ3) is 4.80. The molecule has 3 N–H and O–H groups in total. The monoisotopic (exact) mass is 532 g/mol. The van der Waals surface area contributed by atoms with Crippen molar-refractivity contribution in [3.63, 3.8) is 0 Å². The summed E-state index contributed by atoms with van der Waals surface area (Å²) in [6, 6.07) is 3.45. The minimum atomic E-state index is -3.14. The van der Waals surface area contributed by atoms with Crippen LogP contribution in [0.15, 0.2) is 30.6 Å². The molecular weight excluding hydrogens is 504 g/mol. The summed E-state index contributed by atoms with van der Waals surface area (Å²) in [5, 5.41) is 12.6. The first-order valence-corrected chi connectivity index (χ1v) is 13.3. The van der Waals surface area contributed by atoms with E-state index in [1.807, 2.05) is 19.1 Å². The van der Waals surface area contributed by atoms with Crippen molar-refractivity contribution in [2.45, 2.75) is 38.3 Å². The van der Waals surface area contributed by atoms with Crippen molar-refractivity contribution < 1.29 is 23.1 Å². The highest BCUT2D eigenvalue weighted by Crippen LogP contribution is 2.34. The van der Waals surface area contributed by atoms with E-state index in [4.69, 9.17) is 5.73 Å². The fourth-order valence-corrected chi connectivity index (χ4v) is 6.31. The summed E-state index contributed by atoms with van der Waals surface area (Å²) in [5.41, 5.74) is 7.73. The maximum atomic E-state index is 13.4. The summed E-state index contributed by atoms with van der Waals surface area (Å²) in [7, 11) is 0.424. The predicted octanol–water partition coefficient (Wildman–Crippen LogP) is 1.53. The summed E-state index contributed by atoms with van der Waals surface area (Å²) in [5.74, 6) is -1.28. The lowest BCUT2D eigenvalue weighted by molar-refractivity contribution is -0.148. The molecule has 2 atom stereocenters. The SMILES string of the molecule is CCc1cc2c(N)nccc2cc1C[C@H](C(=O)O)N1CC[C@H](N(c2cnc(N(C)C)s2)[SH](=O)=O)C1=O. The van der Waals surface area contributed by atoms with Crippen LogP contribution in [-0.2, 0) is 33.3 Å². The number of amides is 1. The molecule has 0 unspecified atom stereocenters. The van der Waals surface area contributed by atoms with Gasteiger partial charge in [-0.2, -0.15) is 0 Å². The molecule has 0 saturated carbocycles. The number of pyridine rings is 1. The van der Waals surface area contributed by atoms with Gasteiger partial charge in [-0.1, -0.05) is 24.3 Å². The number of nitrogens with two attached hydrogens (primary N) is 1. The van der Waals surface area contributed by atoms with Gasteiger partial charge < -0.3 is 20.6 Å². The molecule has 0 radical (unpaired) electrons. The molecule has 1 fully saturated rings. The van der Waals surface area contributed by atoms with Gasteiger partial charge in [0.15, 0.2) is 5.13 Å². The second-order valence-corrected chi connectivity index (χ2v) is 10.6. The fraction of sp³-hybridized carbons (Fsp3) is 0.391. The highest BCUT2D eigenvalue weighted by molar-refractivity contribution is 7.74. The van der Waals surface area contributed by atoms with Crippen LogP contribution in [0.3, 0.4) is 0 Å². The quantitative estimate of drug-likeness (QED) is 0.349. The number of anilines is 3. The van der Waals surface area contributed by atoms with Gasteiger partial charge in [0.2, 0.25) is 16.8 Å². The number of aliphatic carboxylic acids is 1. The number of rotatable bonds is 9. The molecule has 2 aromatic heterocycles. The van der Waals surface area contributed by atoms with Crippen LogP contribution in [0.25, 0.3) is 10.8 Å². The maximum absolute atomic E-state index is 13.4. The number of carbonyl (C=O) groups is 2. The summed E-state index contributed by atoms with van der Waals surface area (Å²) >= 11 is 1.15. The van der Waals surface area contributed by atoms with E-state index in [2.05, 4.69) is 9.97 Å². The second kappa shape index (κ2) is 10.3. The van der Waals surface area contributed by atoms with Gasteiger partial charge in [0, 0.05) is 38.6 Å². The molecule has 1 aromatic carbocycles. The van der Waals surface area contributed by atoms with Crippen molar-refractivity contribution in [1.29, 1.82) is 0 Å². The summed E-state index contributed by atoms with van der Waals surface area (Å²) in [6.45, 7) is 2.09. The van der Waals surface area contributed by atoms with Gasteiger partial charge in [-0.05, 0) is 41.5 Å². The van der Waals surface area contributed by atoms with Crippen LogP contribution in [0.5, 0.6) is 0 Å². The first kappa shape index (κ1) is 25.6. The number of hydrogen-bond acceptors (Lipinski definition) is 9. The Balaban J connectivity index is 1.64. The average molecular weight is 533 g/mol. The predicted molar refractivity (Wildman–Crippen MR) is 140 cm³/mol. The molecule has 192 valence electrons. The second-order valence-electron chi connectivity index (χ2n) is 8.74. The summed E-state index contributed by atoms with van der Waals surface area (Å²) < 4.78 is 25.4. The molecule has 1 amide bonds. The van der Waals surface area contributed by atoms with Crippen LogP contribution in [0.4, 0.5) is 16.0 Å². The van der Waals surface area contributed by atoms with Crippen LogP contribution in [0, 0.1) is 0 Å². The number of benzene rings is 1. The van der Waals surface area contributed by atoms with E-state index >= 15 is 0 Å². The van der Waals surface area contributed by atoms with Crippen molar-refractivity contribution in [2.24, 2.45) is 0 Å².